The van der Waals surface area contributed by atoms with Crippen LogP contribution in [0.25, 0.3) is 11.1 Å². The van der Waals surface area contributed by atoms with Gasteiger partial charge in [-0.3, -0.25) is 14.8 Å². The Bertz CT molecular complexity index is 1260. The summed E-state index contributed by atoms with van der Waals surface area (Å²) in [5.41, 5.74) is 4.50. The summed E-state index contributed by atoms with van der Waals surface area (Å²) in [5.74, 6) is -1.51. The van der Waals surface area contributed by atoms with Gasteiger partial charge < -0.3 is 19.5 Å². The predicted octanol–water partition coefficient (Wildman–Crippen LogP) is 2.71. The molecule has 3 aromatic rings. The molecule has 0 radical (unpaired) electrons. The lowest BCUT2D eigenvalue weighted by atomic mass is 9.98. The topological polar surface area (TPSA) is 123 Å². The largest absolute Gasteiger partial charge is 0.480 e. The van der Waals surface area contributed by atoms with Gasteiger partial charge in [0.25, 0.3) is 5.91 Å². The summed E-state index contributed by atoms with van der Waals surface area (Å²) in [5, 5.41) is 16.2. The number of carboxylic acids is 1. The van der Waals surface area contributed by atoms with Crippen LogP contribution in [0.5, 0.6) is 0 Å². The van der Waals surface area contributed by atoms with Crippen LogP contribution >= 0.6 is 0 Å². The molecule has 2 aromatic carbocycles. The minimum Gasteiger partial charge on any atom is -0.480 e. The van der Waals surface area contributed by atoms with Crippen molar-refractivity contribution in [1.29, 1.82) is 0 Å². The lowest BCUT2D eigenvalue weighted by molar-refractivity contribution is -0.147. The second-order valence-corrected chi connectivity index (χ2v) is 8.42. The third kappa shape index (κ3) is 4.24. The highest BCUT2D eigenvalue weighted by Crippen LogP contribution is 2.44. The first-order valence-electron chi connectivity index (χ1n) is 11.2. The van der Waals surface area contributed by atoms with E-state index in [2.05, 4.69) is 22.5 Å². The molecule has 1 aromatic heterocycles. The molecule has 35 heavy (non-hydrogen) atoms. The van der Waals surface area contributed by atoms with Gasteiger partial charge in [-0.25, -0.2) is 9.59 Å². The van der Waals surface area contributed by atoms with E-state index in [1.54, 1.807) is 7.05 Å². The first-order chi connectivity index (χ1) is 16.9. The fourth-order valence-corrected chi connectivity index (χ4v) is 4.63. The standard InChI is InChI=1S/C25H24N4O6/c1-28-22(12-20(27-28)23(30)29-10-11-34-14-21(29)24(31)32)26-25(33)35-13-19-17-8-4-2-6-15(17)16-7-3-5-9-18(16)19/h2-9,12,19,21H,10-11,13-14H2,1H3,(H,26,33)(H,31,32). The smallest absolute Gasteiger partial charge is 0.412 e. The molecule has 1 aliphatic carbocycles. The number of anilines is 1. The molecule has 2 heterocycles. The molecule has 1 unspecified atom stereocenters. The van der Waals surface area contributed by atoms with Crippen LogP contribution in [0, 0.1) is 0 Å². The molecule has 0 spiro atoms. The van der Waals surface area contributed by atoms with E-state index < -0.39 is 24.0 Å². The van der Waals surface area contributed by atoms with Gasteiger partial charge in [-0.05, 0) is 22.3 Å². The van der Waals surface area contributed by atoms with E-state index >= 15 is 0 Å². The summed E-state index contributed by atoms with van der Waals surface area (Å²) in [6.45, 7) is 0.449. The van der Waals surface area contributed by atoms with Gasteiger partial charge >= 0.3 is 12.1 Å². The Morgan fingerprint density at radius 3 is 2.43 bits per heavy atom. The highest BCUT2D eigenvalue weighted by molar-refractivity contribution is 5.96. The van der Waals surface area contributed by atoms with Gasteiger partial charge in [-0.1, -0.05) is 48.5 Å². The number of fused-ring (bicyclic) bond motifs is 3. The first-order valence-corrected chi connectivity index (χ1v) is 11.2. The fourth-order valence-electron chi connectivity index (χ4n) is 4.63. The molecule has 5 rings (SSSR count). The second kappa shape index (κ2) is 9.22. The molecule has 1 saturated heterocycles. The van der Waals surface area contributed by atoms with E-state index in [1.165, 1.54) is 15.6 Å². The van der Waals surface area contributed by atoms with Crippen LogP contribution in [0.1, 0.15) is 27.5 Å². The van der Waals surface area contributed by atoms with Crippen molar-refractivity contribution in [3.63, 3.8) is 0 Å². The fraction of sp³-hybridized carbons (Fsp3) is 0.280. The zero-order chi connectivity index (χ0) is 24.5. The van der Waals surface area contributed by atoms with Crippen molar-refractivity contribution in [3.05, 3.63) is 71.4 Å². The summed E-state index contributed by atoms with van der Waals surface area (Å²) in [7, 11) is 1.57. The average molecular weight is 476 g/mol. The molecule has 2 amide bonds. The number of ether oxygens (including phenoxy) is 2. The first kappa shape index (κ1) is 22.6. The maximum absolute atomic E-state index is 12.9. The van der Waals surface area contributed by atoms with Gasteiger partial charge in [0.05, 0.1) is 13.2 Å². The van der Waals surface area contributed by atoms with Crippen molar-refractivity contribution >= 4 is 23.8 Å². The zero-order valence-corrected chi connectivity index (χ0v) is 19.0. The monoisotopic (exact) mass is 476 g/mol. The van der Waals surface area contributed by atoms with Crippen LogP contribution in [0.15, 0.2) is 54.6 Å². The maximum Gasteiger partial charge on any atom is 0.412 e. The van der Waals surface area contributed by atoms with E-state index in [9.17, 15) is 19.5 Å². The summed E-state index contributed by atoms with van der Waals surface area (Å²) in [6, 6.07) is 16.4. The van der Waals surface area contributed by atoms with E-state index in [0.29, 0.717) is 0 Å². The summed E-state index contributed by atoms with van der Waals surface area (Å²) >= 11 is 0. The zero-order valence-electron chi connectivity index (χ0n) is 19.0. The Morgan fingerprint density at radius 2 is 1.77 bits per heavy atom. The Morgan fingerprint density at radius 1 is 1.11 bits per heavy atom. The maximum atomic E-state index is 12.9. The Kier molecular flexibility index (Phi) is 5.96. The summed E-state index contributed by atoms with van der Waals surface area (Å²) < 4.78 is 12.1. The molecule has 1 aliphatic heterocycles. The van der Waals surface area contributed by atoms with Crippen LogP contribution in [0.2, 0.25) is 0 Å². The molecule has 180 valence electrons. The van der Waals surface area contributed by atoms with E-state index in [1.807, 2.05) is 36.4 Å². The second-order valence-electron chi connectivity index (χ2n) is 8.42. The number of nitrogens with zero attached hydrogens (tertiary/aromatic N) is 3. The molecule has 0 saturated carbocycles. The van der Waals surface area contributed by atoms with E-state index in [0.717, 1.165) is 22.3 Å². The number of carboxylic acid groups (broad SMARTS) is 1. The lowest BCUT2D eigenvalue weighted by Gasteiger charge is -2.32. The number of carbonyl (C=O) groups excluding carboxylic acids is 2. The normalized spacial score (nSPS) is 16.9. The van der Waals surface area contributed by atoms with Gasteiger partial charge in [-0.2, -0.15) is 5.10 Å². The molecule has 2 aliphatic rings. The highest BCUT2D eigenvalue weighted by atomic mass is 16.5. The number of amides is 2. The minimum atomic E-state index is -1.15. The van der Waals surface area contributed by atoms with Crippen molar-refractivity contribution in [2.75, 3.05) is 31.7 Å². The average Bonchev–Trinajstić information content (AvgIpc) is 3.39. The number of hydrogen-bond acceptors (Lipinski definition) is 6. The Hall–Kier alpha value is -4.18. The number of carbonyl (C=O) groups is 3. The third-order valence-electron chi connectivity index (χ3n) is 6.35. The van der Waals surface area contributed by atoms with Crippen LogP contribution in [0.3, 0.4) is 0 Å². The van der Waals surface area contributed by atoms with Gasteiger partial charge in [0.1, 0.15) is 12.4 Å². The van der Waals surface area contributed by atoms with E-state index in [4.69, 9.17) is 9.47 Å². The summed E-state index contributed by atoms with van der Waals surface area (Å²) in [4.78, 5) is 38.2. The third-order valence-corrected chi connectivity index (χ3v) is 6.35. The molecule has 2 N–H and O–H groups in total. The van der Waals surface area contributed by atoms with Gasteiger partial charge in [0, 0.05) is 25.6 Å². The molecule has 1 fully saturated rings. The number of morpholine rings is 1. The van der Waals surface area contributed by atoms with Gasteiger partial charge in [0.15, 0.2) is 11.7 Å². The van der Waals surface area contributed by atoms with Gasteiger partial charge in [0.2, 0.25) is 0 Å². The number of rotatable bonds is 5. The number of benzene rings is 2. The number of hydrogen-bond donors (Lipinski definition) is 2. The highest BCUT2D eigenvalue weighted by Gasteiger charge is 2.35. The van der Waals surface area contributed by atoms with E-state index in [-0.39, 0.29) is 43.8 Å². The van der Waals surface area contributed by atoms with Crippen molar-refractivity contribution in [2.24, 2.45) is 7.05 Å². The lowest BCUT2D eigenvalue weighted by Crippen LogP contribution is -2.52. The van der Waals surface area contributed by atoms with Gasteiger partial charge in [-0.15, -0.1) is 0 Å². The van der Waals surface area contributed by atoms with Crippen molar-refractivity contribution in [1.82, 2.24) is 14.7 Å². The molecule has 1 atom stereocenters. The van der Waals surface area contributed by atoms with Crippen LogP contribution in [-0.2, 0) is 21.3 Å². The molecule has 0 bridgehead atoms. The van der Waals surface area contributed by atoms with Crippen molar-refractivity contribution in [3.8, 4) is 11.1 Å². The van der Waals surface area contributed by atoms with Crippen molar-refractivity contribution < 1.29 is 29.0 Å². The molecular formula is C25H24N4O6. The quantitative estimate of drug-likeness (QED) is 0.580. The summed E-state index contributed by atoms with van der Waals surface area (Å²) in [6.07, 6.45) is -0.677. The molecule has 10 nitrogen and oxygen atoms in total. The van der Waals surface area contributed by atoms with Crippen LogP contribution < -0.4 is 5.32 Å². The Balaban J connectivity index is 1.26. The molecule has 10 heteroatoms. The number of nitrogens with one attached hydrogen (secondary N) is 1. The van der Waals surface area contributed by atoms with Crippen molar-refractivity contribution in [2.45, 2.75) is 12.0 Å². The number of aryl methyl sites for hydroxylation is 1. The SMILES string of the molecule is Cn1nc(C(=O)N2CCOCC2C(=O)O)cc1NC(=O)OCC1c2ccccc2-c2ccccc21. The number of aromatic nitrogens is 2. The van der Waals surface area contributed by atoms with Crippen LogP contribution in [0.4, 0.5) is 10.6 Å². The van der Waals surface area contributed by atoms with Crippen LogP contribution in [-0.4, -0.2) is 70.2 Å². The Labute approximate surface area is 201 Å². The number of aliphatic carboxylic acids is 1. The minimum absolute atomic E-state index is 0.0228. The molecular weight excluding hydrogens is 452 g/mol. The predicted molar refractivity (Wildman–Crippen MR) is 125 cm³/mol.